The molecule has 0 unspecified atom stereocenters. The molecular weight excluding hydrogens is 268 g/mol. The van der Waals surface area contributed by atoms with Crippen LogP contribution in [0.15, 0.2) is 24.3 Å². The molecule has 0 saturated heterocycles. The summed E-state index contributed by atoms with van der Waals surface area (Å²) in [6, 6.07) is 8.47. The first-order valence-electron chi connectivity index (χ1n) is 6.85. The fourth-order valence-electron chi connectivity index (χ4n) is 1.93. The Morgan fingerprint density at radius 3 is 2.43 bits per heavy atom. The van der Waals surface area contributed by atoms with Crippen molar-refractivity contribution in [2.75, 3.05) is 13.7 Å². The van der Waals surface area contributed by atoms with Gasteiger partial charge in [-0.3, -0.25) is 9.59 Å². The maximum atomic E-state index is 12.2. The van der Waals surface area contributed by atoms with Gasteiger partial charge in [-0.25, -0.2) is 0 Å². The van der Waals surface area contributed by atoms with E-state index in [9.17, 15) is 9.59 Å². The third-order valence-electron chi connectivity index (χ3n) is 3.11. The highest BCUT2D eigenvalue weighted by atomic mass is 16.5. The van der Waals surface area contributed by atoms with Crippen LogP contribution in [0.4, 0.5) is 0 Å². The molecule has 1 aromatic carbocycles. The van der Waals surface area contributed by atoms with E-state index in [2.05, 4.69) is 5.32 Å². The number of rotatable bonds is 7. The average Bonchev–Trinajstić information content (AvgIpc) is 2.48. The van der Waals surface area contributed by atoms with Crippen molar-refractivity contribution in [3.8, 4) is 6.07 Å². The average molecular weight is 288 g/mol. The molecule has 2 atom stereocenters. The molecule has 5 heteroatoms. The lowest BCUT2D eigenvalue weighted by Gasteiger charge is -2.15. The van der Waals surface area contributed by atoms with Gasteiger partial charge in [-0.15, -0.1) is 0 Å². The standard InChI is InChI=1S/C16H20N2O3/c1-4-12-5-7-13(8-6-12)15(19)14(9-17)16(20)18-11(2)10-21-3/h5-8,11,14H,4,10H2,1-3H3,(H,18,20)/t11-,14+/m1/s1. The number of hydrogen-bond donors (Lipinski definition) is 1. The highest BCUT2D eigenvalue weighted by molar-refractivity contribution is 6.12. The Morgan fingerprint density at radius 1 is 1.33 bits per heavy atom. The number of hydrogen-bond acceptors (Lipinski definition) is 4. The van der Waals surface area contributed by atoms with Crippen molar-refractivity contribution >= 4 is 11.7 Å². The van der Waals surface area contributed by atoms with Crippen molar-refractivity contribution in [1.29, 1.82) is 5.26 Å². The van der Waals surface area contributed by atoms with Crippen LogP contribution in [0.1, 0.15) is 29.8 Å². The number of carbonyl (C=O) groups excluding carboxylic acids is 2. The number of amides is 1. The number of ether oxygens (including phenoxy) is 1. The van der Waals surface area contributed by atoms with Gasteiger partial charge in [0.25, 0.3) is 0 Å². The van der Waals surface area contributed by atoms with E-state index in [1.165, 1.54) is 7.11 Å². The van der Waals surface area contributed by atoms with E-state index >= 15 is 0 Å². The zero-order valence-electron chi connectivity index (χ0n) is 12.6. The number of benzene rings is 1. The smallest absolute Gasteiger partial charge is 0.245 e. The van der Waals surface area contributed by atoms with Gasteiger partial charge in [-0.2, -0.15) is 5.26 Å². The molecule has 1 aromatic rings. The summed E-state index contributed by atoms with van der Waals surface area (Å²) < 4.78 is 4.91. The van der Waals surface area contributed by atoms with E-state index in [-0.39, 0.29) is 6.04 Å². The monoisotopic (exact) mass is 288 g/mol. The molecular formula is C16H20N2O3. The van der Waals surface area contributed by atoms with Gasteiger partial charge >= 0.3 is 0 Å². The third-order valence-corrected chi connectivity index (χ3v) is 3.11. The number of Topliss-reactive ketones (excluding diaryl/α,β-unsaturated/α-hetero) is 1. The highest BCUT2D eigenvalue weighted by Gasteiger charge is 2.28. The molecule has 0 aliphatic rings. The summed E-state index contributed by atoms with van der Waals surface area (Å²) in [6.45, 7) is 4.08. The van der Waals surface area contributed by atoms with E-state index in [4.69, 9.17) is 10.00 Å². The highest BCUT2D eigenvalue weighted by Crippen LogP contribution is 2.11. The molecule has 0 bridgehead atoms. The second kappa shape index (κ2) is 8.18. The molecule has 0 radical (unpaired) electrons. The number of nitrogens with zero attached hydrogens (tertiary/aromatic N) is 1. The molecule has 0 heterocycles. The van der Waals surface area contributed by atoms with E-state index in [1.54, 1.807) is 25.1 Å². The lowest BCUT2D eigenvalue weighted by Crippen LogP contribution is -2.41. The van der Waals surface area contributed by atoms with Crippen LogP contribution in [-0.2, 0) is 16.0 Å². The Labute approximate surface area is 124 Å². The minimum absolute atomic E-state index is 0.256. The van der Waals surface area contributed by atoms with Gasteiger partial charge in [0, 0.05) is 18.7 Å². The fourth-order valence-corrected chi connectivity index (χ4v) is 1.93. The van der Waals surface area contributed by atoms with E-state index in [0.717, 1.165) is 12.0 Å². The van der Waals surface area contributed by atoms with Crippen LogP contribution in [0.3, 0.4) is 0 Å². The van der Waals surface area contributed by atoms with Crippen molar-refractivity contribution in [1.82, 2.24) is 5.32 Å². The molecule has 0 fully saturated rings. The maximum absolute atomic E-state index is 12.2. The Balaban J connectivity index is 2.81. The van der Waals surface area contributed by atoms with Gasteiger partial charge in [-0.05, 0) is 18.9 Å². The number of methoxy groups -OCH3 is 1. The number of carbonyl (C=O) groups is 2. The van der Waals surface area contributed by atoms with Crippen molar-refractivity contribution in [2.45, 2.75) is 26.3 Å². The van der Waals surface area contributed by atoms with Crippen molar-refractivity contribution in [3.63, 3.8) is 0 Å². The largest absolute Gasteiger partial charge is 0.383 e. The molecule has 0 aromatic heterocycles. The van der Waals surface area contributed by atoms with Crippen molar-refractivity contribution in [2.24, 2.45) is 5.92 Å². The molecule has 5 nitrogen and oxygen atoms in total. The first-order valence-corrected chi connectivity index (χ1v) is 6.85. The van der Waals surface area contributed by atoms with Crippen molar-refractivity contribution < 1.29 is 14.3 Å². The molecule has 1 rings (SSSR count). The second-order valence-corrected chi connectivity index (χ2v) is 4.84. The van der Waals surface area contributed by atoms with Crippen LogP contribution in [-0.4, -0.2) is 31.4 Å². The van der Waals surface area contributed by atoms with Gasteiger partial charge in [0.15, 0.2) is 11.7 Å². The summed E-state index contributed by atoms with van der Waals surface area (Å²) in [4.78, 5) is 24.2. The summed E-state index contributed by atoms with van der Waals surface area (Å²) in [5.74, 6) is -2.41. The van der Waals surface area contributed by atoms with E-state index < -0.39 is 17.6 Å². The maximum Gasteiger partial charge on any atom is 0.245 e. The first kappa shape index (κ1) is 16.9. The van der Waals surface area contributed by atoms with Gasteiger partial charge < -0.3 is 10.1 Å². The Morgan fingerprint density at radius 2 is 1.95 bits per heavy atom. The zero-order chi connectivity index (χ0) is 15.8. The number of ketones is 1. The van der Waals surface area contributed by atoms with E-state index in [0.29, 0.717) is 12.2 Å². The minimum Gasteiger partial charge on any atom is -0.383 e. The van der Waals surface area contributed by atoms with Crippen LogP contribution >= 0.6 is 0 Å². The predicted molar refractivity (Wildman–Crippen MR) is 78.7 cm³/mol. The van der Waals surface area contributed by atoms with Gasteiger partial charge in [-0.1, -0.05) is 31.2 Å². The summed E-state index contributed by atoms with van der Waals surface area (Å²) in [7, 11) is 1.52. The second-order valence-electron chi connectivity index (χ2n) is 4.84. The third kappa shape index (κ3) is 4.69. The normalized spacial score (nSPS) is 13.0. The summed E-state index contributed by atoms with van der Waals surface area (Å²) in [5, 5.41) is 11.7. The SMILES string of the molecule is CCc1ccc(C(=O)[C@H](C#N)C(=O)N[C@H](C)COC)cc1. The predicted octanol–water partition coefficient (Wildman–Crippen LogP) is 1.72. The molecule has 1 N–H and O–H groups in total. The van der Waals surface area contributed by atoms with Crippen LogP contribution in [0.25, 0.3) is 0 Å². The number of nitriles is 1. The minimum atomic E-state index is -1.34. The molecule has 0 aliphatic heterocycles. The molecule has 21 heavy (non-hydrogen) atoms. The lowest BCUT2D eigenvalue weighted by atomic mass is 9.96. The Bertz CT molecular complexity index is 531. The van der Waals surface area contributed by atoms with Crippen molar-refractivity contribution in [3.05, 3.63) is 35.4 Å². The summed E-state index contributed by atoms with van der Waals surface area (Å²) >= 11 is 0. The van der Waals surface area contributed by atoms with Gasteiger partial charge in [0.2, 0.25) is 5.91 Å². The Hall–Kier alpha value is -2.19. The summed E-state index contributed by atoms with van der Waals surface area (Å²) in [6.07, 6.45) is 0.866. The van der Waals surface area contributed by atoms with Crippen LogP contribution in [0.5, 0.6) is 0 Å². The number of nitrogens with one attached hydrogen (secondary N) is 1. The summed E-state index contributed by atoms with van der Waals surface area (Å²) in [5.41, 5.74) is 1.46. The topological polar surface area (TPSA) is 79.2 Å². The Kier molecular flexibility index (Phi) is 6.57. The van der Waals surface area contributed by atoms with Crippen LogP contribution in [0.2, 0.25) is 0 Å². The van der Waals surface area contributed by atoms with Crippen LogP contribution < -0.4 is 5.32 Å². The zero-order valence-corrected chi connectivity index (χ0v) is 12.6. The molecule has 0 aliphatic carbocycles. The fraction of sp³-hybridized carbons (Fsp3) is 0.438. The number of aryl methyl sites for hydroxylation is 1. The quantitative estimate of drug-likeness (QED) is 0.612. The molecule has 1 amide bonds. The molecule has 0 saturated carbocycles. The van der Waals surface area contributed by atoms with E-state index in [1.807, 2.05) is 19.1 Å². The first-order chi connectivity index (χ1) is 10.0. The van der Waals surface area contributed by atoms with Gasteiger partial charge in [0.05, 0.1) is 12.7 Å². The van der Waals surface area contributed by atoms with Gasteiger partial charge in [0.1, 0.15) is 0 Å². The molecule has 0 spiro atoms. The van der Waals surface area contributed by atoms with Crippen LogP contribution in [0, 0.1) is 17.2 Å². The lowest BCUT2D eigenvalue weighted by molar-refractivity contribution is -0.123. The molecule has 112 valence electrons.